The molecule has 2 heterocycles. The molecule has 2 aliphatic rings. The van der Waals surface area contributed by atoms with Crippen molar-refractivity contribution in [2.75, 3.05) is 53.0 Å². The standard InChI is InChI=1S/C18H36N4O2.HI/c1-4-22-10-6-16(7-11-22)5-9-20-18(19-3)21-15(2)13-24-17-8-12-23-14-17;/h15-17H,4-14H2,1-3H3,(H2,19,20,21);1H. The smallest absolute Gasteiger partial charge is 0.191 e. The van der Waals surface area contributed by atoms with Crippen molar-refractivity contribution in [3.8, 4) is 0 Å². The van der Waals surface area contributed by atoms with E-state index >= 15 is 0 Å². The third kappa shape index (κ3) is 8.88. The van der Waals surface area contributed by atoms with Gasteiger partial charge in [0.1, 0.15) is 0 Å². The molecular formula is C18H37IN4O2. The van der Waals surface area contributed by atoms with Gasteiger partial charge in [0, 0.05) is 26.2 Å². The minimum atomic E-state index is 0. The van der Waals surface area contributed by atoms with Crippen molar-refractivity contribution in [1.29, 1.82) is 0 Å². The van der Waals surface area contributed by atoms with Crippen molar-refractivity contribution in [3.63, 3.8) is 0 Å². The van der Waals surface area contributed by atoms with Crippen LogP contribution in [-0.4, -0.2) is 76.1 Å². The molecule has 2 fully saturated rings. The number of nitrogens with zero attached hydrogens (tertiary/aromatic N) is 2. The van der Waals surface area contributed by atoms with E-state index in [-0.39, 0.29) is 36.1 Å². The highest BCUT2D eigenvalue weighted by molar-refractivity contribution is 14.0. The van der Waals surface area contributed by atoms with Crippen molar-refractivity contribution in [3.05, 3.63) is 0 Å². The molecule has 2 N–H and O–H groups in total. The molecule has 2 unspecified atom stereocenters. The maximum atomic E-state index is 5.86. The van der Waals surface area contributed by atoms with Crippen LogP contribution in [0.3, 0.4) is 0 Å². The number of rotatable bonds is 8. The molecule has 0 aromatic rings. The molecule has 0 bridgehead atoms. The Hall–Kier alpha value is -0.120. The summed E-state index contributed by atoms with van der Waals surface area (Å²) in [7, 11) is 1.83. The molecule has 2 rings (SSSR count). The summed E-state index contributed by atoms with van der Waals surface area (Å²) in [6, 6.07) is 0.240. The lowest BCUT2D eigenvalue weighted by Gasteiger charge is -2.31. The van der Waals surface area contributed by atoms with Gasteiger partial charge in [0.15, 0.2) is 5.96 Å². The number of guanidine groups is 1. The highest BCUT2D eigenvalue weighted by Gasteiger charge is 2.19. The number of hydrogen-bond acceptors (Lipinski definition) is 4. The second-order valence-electron chi connectivity index (χ2n) is 7.03. The molecule has 148 valence electrons. The van der Waals surface area contributed by atoms with Crippen LogP contribution < -0.4 is 10.6 Å². The maximum absolute atomic E-state index is 5.86. The Balaban J connectivity index is 0.00000312. The van der Waals surface area contributed by atoms with Gasteiger partial charge in [0.25, 0.3) is 0 Å². The van der Waals surface area contributed by atoms with Gasteiger partial charge in [0.2, 0.25) is 0 Å². The first-order valence-electron chi connectivity index (χ1n) is 9.60. The summed E-state index contributed by atoms with van der Waals surface area (Å²) in [5.41, 5.74) is 0. The zero-order valence-electron chi connectivity index (χ0n) is 16.1. The number of aliphatic imine (C=N–C) groups is 1. The minimum absolute atomic E-state index is 0. The fourth-order valence-electron chi connectivity index (χ4n) is 3.38. The fourth-order valence-corrected chi connectivity index (χ4v) is 3.38. The van der Waals surface area contributed by atoms with Gasteiger partial charge in [-0.2, -0.15) is 0 Å². The Labute approximate surface area is 170 Å². The lowest BCUT2D eigenvalue weighted by Crippen LogP contribution is -2.45. The highest BCUT2D eigenvalue weighted by Crippen LogP contribution is 2.19. The van der Waals surface area contributed by atoms with Gasteiger partial charge in [-0.25, -0.2) is 0 Å². The van der Waals surface area contributed by atoms with Crippen LogP contribution in [0.1, 0.15) is 39.5 Å². The summed E-state index contributed by atoms with van der Waals surface area (Å²) in [5.74, 6) is 1.72. The molecule has 2 saturated heterocycles. The first-order valence-corrected chi connectivity index (χ1v) is 9.60. The average molecular weight is 468 g/mol. The molecule has 0 spiro atoms. The van der Waals surface area contributed by atoms with E-state index in [0.717, 1.165) is 38.1 Å². The number of nitrogens with one attached hydrogen (secondary N) is 2. The van der Waals surface area contributed by atoms with Crippen molar-refractivity contribution >= 4 is 29.9 Å². The normalized spacial score (nSPS) is 24.0. The molecule has 0 amide bonds. The fraction of sp³-hybridized carbons (Fsp3) is 0.944. The Morgan fingerprint density at radius 3 is 2.68 bits per heavy atom. The van der Waals surface area contributed by atoms with Crippen LogP contribution in [0, 0.1) is 5.92 Å². The van der Waals surface area contributed by atoms with Crippen LogP contribution in [-0.2, 0) is 9.47 Å². The highest BCUT2D eigenvalue weighted by atomic mass is 127. The van der Waals surface area contributed by atoms with Crippen molar-refractivity contribution in [2.45, 2.75) is 51.7 Å². The molecule has 25 heavy (non-hydrogen) atoms. The SMILES string of the molecule is CCN1CCC(CCNC(=NC)NC(C)COC2CCOC2)CC1.I. The van der Waals surface area contributed by atoms with Gasteiger partial charge >= 0.3 is 0 Å². The van der Waals surface area contributed by atoms with E-state index in [1.54, 1.807) is 0 Å². The second kappa shape index (κ2) is 13.1. The maximum Gasteiger partial charge on any atom is 0.191 e. The molecule has 0 radical (unpaired) electrons. The molecule has 2 atom stereocenters. The zero-order chi connectivity index (χ0) is 17.2. The van der Waals surface area contributed by atoms with Gasteiger partial charge in [-0.3, -0.25) is 4.99 Å². The molecular weight excluding hydrogens is 431 g/mol. The van der Waals surface area contributed by atoms with Gasteiger partial charge in [-0.05, 0) is 58.2 Å². The van der Waals surface area contributed by atoms with Crippen molar-refractivity contribution in [2.24, 2.45) is 10.9 Å². The predicted octanol–water partition coefficient (Wildman–Crippen LogP) is 2.09. The number of likely N-dealkylation sites (tertiary alicyclic amines) is 1. The first kappa shape index (κ1) is 22.9. The average Bonchev–Trinajstić information content (AvgIpc) is 3.13. The van der Waals surface area contributed by atoms with Crippen molar-refractivity contribution < 1.29 is 9.47 Å². The number of halogens is 1. The van der Waals surface area contributed by atoms with E-state index in [4.69, 9.17) is 9.47 Å². The monoisotopic (exact) mass is 468 g/mol. The van der Waals surface area contributed by atoms with E-state index in [1.165, 1.54) is 38.9 Å². The predicted molar refractivity (Wildman–Crippen MR) is 114 cm³/mol. The van der Waals surface area contributed by atoms with Crippen LogP contribution in [0.2, 0.25) is 0 Å². The first-order chi connectivity index (χ1) is 11.7. The summed E-state index contributed by atoms with van der Waals surface area (Å²) in [6.45, 7) is 11.3. The number of hydrogen-bond donors (Lipinski definition) is 2. The Morgan fingerprint density at radius 2 is 2.08 bits per heavy atom. The number of ether oxygens (including phenoxy) is 2. The van der Waals surface area contributed by atoms with Crippen LogP contribution >= 0.6 is 24.0 Å². The molecule has 6 nitrogen and oxygen atoms in total. The topological polar surface area (TPSA) is 58.1 Å². The Morgan fingerprint density at radius 1 is 1.32 bits per heavy atom. The lowest BCUT2D eigenvalue weighted by molar-refractivity contribution is 0.0347. The Bertz CT molecular complexity index is 370. The molecule has 0 aromatic heterocycles. The summed E-state index contributed by atoms with van der Waals surface area (Å²) >= 11 is 0. The van der Waals surface area contributed by atoms with E-state index in [2.05, 4.69) is 34.4 Å². The number of piperidine rings is 1. The third-order valence-electron chi connectivity index (χ3n) is 5.08. The molecule has 0 aliphatic carbocycles. The molecule has 2 aliphatic heterocycles. The van der Waals surface area contributed by atoms with Gasteiger partial charge in [0.05, 0.1) is 19.3 Å². The third-order valence-corrected chi connectivity index (χ3v) is 5.08. The van der Waals surface area contributed by atoms with E-state index in [9.17, 15) is 0 Å². The summed E-state index contributed by atoms with van der Waals surface area (Å²) in [5, 5.41) is 6.86. The molecule has 0 saturated carbocycles. The van der Waals surface area contributed by atoms with E-state index < -0.39 is 0 Å². The lowest BCUT2D eigenvalue weighted by atomic mass is 9.93. The zero-order valence-corrected chi connectivity index (χ0v) is 18.5. The Kier molecular flexibility index (Phi) is 12.0. The van der Waals surface area contributed by atoms with Gasteiger partial charge in [-0.15, -0.1) is 24.0 Å². The van der Waals surface area contributed by atoms with Crippen LogP contribution in [0.4, 0.5) is 0 Å². The van der Waals surface area contributed by atoms with Gasteiger partial charge < -0.3 is 25.0 Å². The van der Waals surface area contributed by atoms with Crippen LogP contribution in [0.25, 0.3) is 0 Å². The minimum Gasteiger partial charge on any atom is -0.379 e. The van der Waals surface area contributed by atoms with E-state index in [1.807, 2.05) is 7.05 Å². The largest absolute Gasteiger partial charge is 0.379 e. The summed E-state index contributed by atoms with van der Waals surface area (Å²) in [4.78, 5) is 6.86. The van der Waals surface area contributed by atoms with E-state index in [0.29, 0.717) is 6.61 Å². The van der Waals surface area contributed by atoms with Crippen LogP contribution in [0.15, 0.2) is 4.99 Å². The summed E-state index contributed by atoms with van der Waals surface area (Å²) < 4.78 is 11.2. The summed E-state index contributed by atoms with van der Waals surface area (Å²) in [6.07, 6.45) is 5.15. The molecule has 0 aromatic carbocycles. The second-order valence-corrected chi connectivity index (χ2v) is 7.03. The van der Waals surface area contributed by atoms with Gasteiger partial charge in [-0.1, -0.05) is 6.92 Å². The van der Waals surface area contributed by atoms with Crippen LogP contribution in [0.5, 0.6) is 0 Å². The molecule has 7 heteroatoms. The van der Waals surface area contributed by atoms with Crippen molar-refractivity contribution in [1.82, 2.24) is 15.5 Å². The quantitative estimate of drug-likeness (QED) is 0.325.